The topological polar surface area (TPSA) is 79.8 Å². The SMILES string of the molecule is CCCOc1ccc(/C=C(\NC(=O)c2ccccc2)C(=O)N/N=C(/CC)c2ccccc2)cc1. The molecule has 0 saturated carbocycles. The number of carbonyl (C=O) groups is 2. The molecule has 174 valence electrons. The Morgan fingerprint density at radius 1 is 0.853 bits per heavy atom. The number of nitrogens with one attached hydrogen (secondary N) is 2. The van der Waals surface area contributed by atoms with E-state index in [-0.39, 0.29) is 11.6 Å². The first-order chi connectivity index (χ1) is 16.6. The van der Waals surface area contributed by atoms with Gasteiger partial charge in [-0.3, -0.25) is 9.59 Å². The summed E-state index contributed by atoms with van der Waals surface area (Å²) in [6.07, 6.45) is 3.17. The Bertz CT molecular complexity index is 1140. The molecule has 6 nitrogen and oxygen atoms in total. The Labute approximate surface area is 200 Å². The molecule has 0 aliphatic carbocycles. The summed E-state index contributed by atoms with van der Waals surface area (Å²) in [5.74, 6) is -0.150. The maximum absolute atomic E-state index is 13.0. The second kappa shape index (κ2) is 12.7. The molecule has 0 aliphatic rings. The Morgan fingerprint density at radius 3 is 2.06 bits per heavy atom. The summed E-state index contributed by atoms with van der Waals surface area (Å²) < 4.78 is 5.62. The van der Waals surface area contributed by atoms with Crippen LogP contribution < -0.4 is 15.5 Å². The predicted molar refractivity (Wildman–Crippen MR) is 136 cm³/mol. The van der Waals surface area contributed by atoms with Gasteiger partial charge >= 0.3 is 0 Å². The predicted octanol–water partition coefficient (Wildman–Crippen LogP) is 5.18. The second-order valence-corrected chi connectivity index (χ2v) is 7.51. The first kappa shape index (κ1) is 24.5. The molecule has 0 unspecified atom stereocenters. The van der Waals surface area contributed by atoms with Crippen LogP contribution in [0.3, 0.4) is 0 Å². The highest BCUT2D eigenvalue weighted by atomic mass is 16.5. The quantitative estimate of drug-likeness (QED) is 0.251. The fourth-order valence-electron chi connectivity index (χ4n) is 3.15. The molecule has 0 heterocycles. The number of benzene rings is 3. The Balaban J connectivity index is 1.84. The van der Waals surface area contributed by atoms with E-state index >= 15 is 0 Å². The van der Waals surface area contributed by atoms with E-state index in [2.05, 4.69) is 15.8 Å². The molecule has 2 amide bonds. The molecule has 3 rings (SSSR count). The van der Waals surface area contributed by atoms with Gasteiger partial charge in [0.1, 0.15) is 11.4 Å². The number of rotatable bonds is 10. The monoisotopic (exact) mass is 455 g/mol. The van der Waals surface area contributed by atoms with E-state index in [0.717, 1.165) is 29.0 Å². The highest BCUT2D eigenvalue weighted by Gasteiger charge is 2.15. The minimum Gasteiger partial charge on any atom is -0.494 e. The minimum absolute atomic E-state index is 0.0864. The van der Waals surface area contributed by atoms with Crippen molar-refractivity contribution in [2.24, 2.45) is 5.10 Å². The van der Waals surface area contributed by atoms with Crippen molar-refractivity contribution in [2.75, 3.05) is 6.61 Å². The van der Waals surface area contributed by atoms with E-state index in [4.69, 9.17) is 4.74 Å². The fourth-order valence-corrected chi connectivity index (χ4v) is 3.15. The second-order valence-electron chi connectivity index (χ2n) is 7.51. The maximum atomic E-state index is 13.0. The largest absolute Gasteiger partial charge is 0.494 e. The van der Waals surface area contributed by atoms with Crippen molar-refractivity contribution in [2.45, 2.75) is 26.7 Å². The summed E-state index contributed by atoms with van der Waals surface area (Å²) >= 11 is 0. The zero-order chi connectivity index (χ0) is 24.2. The van der Waals surface area contributed by atoms with E-state index < -0.39 is 5.91 Å². The lowest BCUT2D eigenvalue weighted by Gasteiger charge is -2.11. The number of carbonyl (C=O) groups excluding carboxylic acids is 2. The average molecular weight is 456 g/mol. The Kier molecular flexibility index (Phi) is 9.17. The van der Waals surface area contributed by atoms with Crippen LogP contribution in [0.4, 0.5) is 0 Å². The number of amides is 2. The van der Waals surface area contributed by atoms with Crippen LogP contribution in [0.5, 0.6) is 5.75 Å². The number of ether oxygens (including phenoxy) is 1. The van der Waals surface area contributed by atoms with Crippen LogP contribution in [0.1, 0.15) is 48.2 Å². The van der Waals surface area contributed by atoms with Gasteiger partial charge in [0.25, 0.3) is 11.8 Å². The normalized spacial score (nSPS) is 11.6. The third-order valence-corrected chi connectivity index (χ3v) is 4.93. The Hall–Kier alpha value is -4.19. The molecule has 34 heavy (non-hydrogen) atoms. The van der Waals surface area contributed by atoms with Gasteiger partial charge in [-0.1, -0.05) is 74.5 Å². The van der Waals surface area contributed by atoms with Crippen LogP contribution in [0.25, 0.3) is 6.08 Å². The maximum Gasteiger partial charge on any atom is 0.287 e. The van der Waals surface area contributed by atoms with Crippen LogP contribution in [0.2, 0.25) is 0 Å². The van der Waals surface area contributed by atoms with Gasteiger partial charge in [0.15, 0.2) is 0 Å². The molecule has 0 atom stereocenters. The lowest BCUT2D eigenvalue weighted by Crippen LogP contribution is -2.33. The number of hydrazone groups is 1. The van der Waals surface area contributed by atoms with Gasteiger partial charge in [-0.05, 0) is 54.3 Å². The summed E-state index contributed by atoms with van der Waals surface area (Å²) in [6.45, 7) is 4.64. The third kappa shape index (κ3) is 7.17. The van der Waals surface area contributed by atoms with Crippen molar-refractivity contribution in [1.82, 2.24) is 10.7 Å². The van der Waals surface area contributed by atoms with E-state index in [1.165, 1.54) is 0 Å². The van der Waals surface area contributed by atoms with Crippen molar-refractivity contribution in [3.63, 3.8) is 0 Å². The van der Waals surface area contributed by atoms with Gasteiger partial charge in [-0.25, -0.2) is 5.43 Å². The number of nitrogens with zero attached hydrogens (tertiary/aromatic N) is 1. The summed E-state index contributed by atoms with van der Waals surface area (Å²) in [4.78, 5) is 25.8. The first-order valence-corrected chi connectivity index (χ1v) is 11.3. The first-order valence-electron chi connectivity index (χ1n) is 11.3. The van der Waals surface area contributed by atoms with Crippen molar-refractivity contribution >= 4 is 23.6 Å². The summed E-state index contributed by atoms with van der Waals surface area (Å²) in [5, 5.41) is 7.03. The third-order valence-electron chi connectivity index (χ3n) is 4.93. The summed E-state index contributed by atoms with van der Waals surface area (Å²) in [7, 11) is 0. The van der Waals surface area contributed by atoms with Crippen LogP contribution in [-0.2, 0) is 4.79 Å². The summed E-state index contributed by atoms with van der Waals surface area (Å²) in [6, 6.07) is 25.7. The molecule has 0 saturated heterocycles. The smallest absolute Gasteiger partial charge is 0.287 e. The highest BCUT2D eigenvalue weighted by molar-refractivity contribution is 6.06. The van der Waals surface area contributed by atoms with Crippen molar-refractivity contribution in [1.29, 1.82) is 0 Å². The molecular formula is C28H29N3O3. The minimum atomic E-state index is -0.516. The molecule has 0 aromatic heterocycles. The average Bonchev–Trinajstić information content (AvgIpc) is 2.89. The van der Waals surface area contributed by atoms with Crippen LogP contribution >= 0.6 is 0 Å². The van der Waals surface area contributed by atoms with Crippen molar-refractivity contribution in [3.8, 4) is 5.75 Å². The molecule has 6 heteroatoms. The lowest BCUT2D eigenvalue weighted by molar-refractivity contribution is -0.117. The molecule has 0 aliphatic heterocycles. The molecular weight excluding hydrogens is 426 g/mol. The molecule has 0 bridgehead atoms. The fraction of sp³-hybridized carbons (Fsp3) is 0.179. The Morgan fingerprint density at radius 2 is 1.47 bits per heavy atom. The number of hydrogen-bond acceptors (Lipinski definition) is 4. The zero-order valence-corrected chi connectivity index (χ0v) is 19.5. The highest BCUT2D eigenvalue weighted by Crippen LogP contribution is 2.15. The van der Waals surface area contributed by atoms with Gasteiger partial charge in [-0.2, -0.15) is 5.10 Å². The molecule has 3 aromatic rings. The van der Waals surface area contributed by atoms with Gasteiger partial charge in [0.2, 0.25) is 0 Å². The standard InChI is InChI=1S/C28H29N3O3/c1-3-19-34-24-17-15-21(16-18-24)20-26(29-27(32)23-13-9-6-10-14-23)28(33)31-30-25(4-2)22-11-7-5-8-12-22/h5-18,20H,3-4,19H2,1-2H3,(H,29,32)(H,31,33)/b26-20-,30-25-. The van der Waals surface area contributed by atoms with Gasteiger partial charge in [0.05, 0.1) is 12.3 Å². The van der Waals surface area contributed by atoms with E-state index in [9.17, 15) is 9.59 Å². The summed E-state index contributed by atoms with van der Waals surface area (Å²) in [5.41, 5.74) is 5.53. The zero-order valence-electron chi connectivity index (χ0n) is 19.5. The van der Waals surface area contributed by atoms with E-state index in [0.29, 0.717) is 18.6 Å². The molecule has 0 radical (unpaired) electrons. The van der Waals surface area contributed by atoms with Crippen LogP contribution in [-0.4, -0.2) is 24.1 Å². The van der Waals surface area contributed by atoms with Crippen LogP contribution in [0.15, 0.2) is 95.7 Å². The molecule has 2 N–H and O–H groups in total. The van der Waals surface area contributed by atoms with E-state index in [1.807, 2.05) is 74.5 Å². The van der Waals surface area contributed by atoms with Gasteiger partial charge < -0.3 is 10.1 Å². The molecule has 0 spiro atoms. The van der Waals surface area contributed by atoms with Crippen LogP contribution in [0, 0.1) is 0 Å². The van der Waals surface area contributed by atoms with Crippen molar-refractivity contribution in [3.05, 3.63) is 107 Å². The molecule has 0 fully saturated rings. The van der Waals surface area contributed by atoms with E-state index in [1.54, 1.807) is 30.3 Å². The van der Waals surface area contributed by atoms with Gasteiger partial charge in [0, 0.05) is 5.56 Å². The van der Waals surface area contributed by atoms with Crippen molar-refractivity contribution < 1.29 is 14.3 Å². The lowest BCUT2D eigenvalue weighted by atomic mass is 10.1. The van der Waals surface area contributed by atoms with Gasteiger partial charge in [-0.15, -0.1) is 0 Å². The number of hydrogen-bond donors (Lipinski definition) is 2. The molecule has 3 aromatic carbocycles.